The number of alkyl halides is 3. The molecule has 1 amide bonds. The normalized spacial score (nSPS) is 11.2. The lowest BCUT2D eigenvalue weighted by molar-refractivity contribution is -0.137. The molecule has 0 heterocycles. The highest BCUT2D eigenvalue weighted by atomic mass is 32.1. The van der Waals surface area contributed by atoms with Crippen molar-refractivity contribution in [1.82, 2.24) is 0 Å². The van der Waals surface area contributed by atoms with Crippen molar-refractivity contribution in [3.8, 4) is 0 Å². The molecule has 0 saturated heterocycles. The van der Waals surface area contributed by atoms with Crippen molar-refractivity contribution in [3.63, 3.8) is 0 Å². The van der Waals surface area contributed by atoms with Crippen LogP contribution in [0.15, 0.2) is 18.2 Å². The Balaban J connectivity index is 3.42. The monoisotopic (exact) mass is 248 g/mol. The predicted molar refractivity (Wildman–Crippen MR) is 55.8 cm³/mol. The topological polar surface area (TPSA) is 69.1 Å². The Labute approximate surface area is 94.2 Å². The number of hydrogen-bond donors (Lipinski definition) is 2. The number of hydrogen-bond acceptors (Lipinski definition) is 2. The van der Waals surface area contributed by atoms with Crippen LogP contribution in [0.5, 0.6) is 0 Å². The molecular weight excluding hydrogens is 241 g/mol. The number of carbonyl (C=O) groups excluding carboxylic acids is 1. The van der Waals surface area contributed by atoms with Gasteiger partial charge in [0, 0.05) is 11.1 Å². The van der Waals surface area contributed by atoms with Gasteiger partial charge in [0.2, 0.25) is 5.91 Å². The summed E-state index contributed by atoms with van der Waals surface area (Å²) in [7, 11) is 0. The van der Waals surface area contributed by atoms with Crippen molar-refractivity contribution in [2.45, 2.75) is 6.18 Å². The van der Waals surface area contributed by atoms with Gasteiger partial charge in [-0.05, 0) is 18.2 Å². The Kier molecular flexibility index (Phi) is 3.18. The van der Waals surface area contributed by atoms with Gasteiger partial charge in [0.1, 0.15) is 4.99 Å². The van der Waals surface area contributed by atoms with E-state index in [0.29, 0.717) is 6.07 Å². The molecule has 0 fully saturated rings. The zero-order valence-electron chi connectivity index (χ0n) is 7.84. The van der Waals surface area contributed by atoms with Gasteiger partial charge in [0.25, 0.3) is 0 Å². The van der Waals surface area contributed by atoms with Crippen LogP contribution in [0.3, 0.4) is 0 Å². The van der Waals surface area contributed by atoms with Crippen molar-refractivity contribution < 1.29 is 18.0 Å². The zero-order chi connectivity index (χ0) is 12.5. The van der Waals surface area contributed by atoms with Crippen LogP contribution in [0, 0.1) is 0 Å². The van der Waals surface area contributed by atoms with Gasteiger partial charge in [0.15, 0.2) is 0 Å². The molecule has 3 nitrogen and oxygen atoms in total. The highest BCUT2D eigenvalue weighted by Gasteiger charge is 2.31. The third-order valence-electron chi connectivity index (χ3n) is 1.83. The van der Waals surface area contributed by atoms with E-state index >= 15 is 0 Å². The third-order valence-corrected chi connectivity index (χ3v) is 2.07. The van der Waals surface area contributed by atoms with Crippen molar-refractivity contribution >= 4 is 23.1 Å². The number of halogens is 3. The second kappa shape index (κ2) is 4.09. The zero-order valence-corrected chi connectivity index (χ0v) is 8.65. The summed E-state index contributed by atoms with van der Waals surface area (Å²) in [5.74, 6) is -0.969. The summed E-state index contributed by atoms with van der Waals surface area (Å²) in [4.78, 5) is 10.6. The number of rotatable bonds is 2. The van der Waals surface area contributed by atoms with Crippen LogP contribution in [-0.4, -0.2) is 10.9 Å². The largest absolute Gasteiger partial charge is 0.416 e. The van der Waals surface area contributed by atoms with E-state index in [0.717, 1.165) is 12.1 Å². The SMILES string of the molecule is NC(=O)c1cc(C(N)=S)cc(C(F)(F)F)c1. The van der Waals surface area contributed by atoms with Gasteiger partial charge in [-0.15, -0.1) is 0 Å². The first-order chi connectivity index (χ1) is 7.21. The number of carbonyl (C=O) groups is 1. The summed E-state index contributed by atoms with van der Waals surface area (Å²) < 4.78 is 37.3. The highest BCUT2D eigenvalue weighted by molar-refractivity contribution is 7.80. The minimum absolute atomic E-state index is 0.0429. The number of primary amides is 1. The van der Waals surface area contributed by atoms with Gasteiger partial charge in [-0.3, -0.25) is 4.79 Å². The van der Waals surface area contributed by atoms with E-state index in [1.807, 2.05) is 0 Å². The first kappa shape index (κ1) is 12.4. The third kappa shape index (κ3) is 2.69. The Morgan fingerprint density at radius 1 is 1.12 bits per heavy atom. The molecule has 0 radical (unpaired) electrons. The lowest BCUT2D eigenvalue weighted by Crippen LogP contribution is -2.17. The van der Waals surface area contributed by atoms with Crippen LogP contribution in [0.4, 0.5) is 13.2 Å². The van der Waals surface area contributed by atoms with Gasteiger partial charge in [-0.2, -0.15) is 13.2 Å². The van der Waals surface area contributed by atoms with E-state index < -0.39 is 17.6 Å². The first-order valence-electron chi connectivity index (χ1n) is 4.03. The van der Waals surface area contributed by atoms with E-state index in [2.05, 4.69) is 12.2 Å². The van der Waals surface area contributed by atoms with Crippen LogP contribution >= 0.6 is 12.2 Å². The van der Waals surface area contributed by atoms with Crippen molar-refractivity contribution in [2.75, 3.05) is 0 Å². The number of thiocarbonyl (C=S) groups is 1. The maximum atomic E-state index is 12.4. The van der Waals surface area contributed by atoms with Gasteiger partial charge in [0.05, 0.1) is 5.56 Å². The lowest BCUT2D eigenvalue weighted by Gasteiger charge is -2.10. The molecule has 4 N–H and O–H groups in total. The molecule has 0 spiro atoms. The number of nitrogens with two attached hydrogens (primary N) is 2. The molecule has 1 rings (SSSR count). The molecular formula is C9H7F3N2OS. The van der Waals surface area contributed by atoms with Gasteiger partial charge >= 0.3 is 6.18 Å². The molecule has 0 aliphatic rings. The summed E-state index contributed by atoms with van der Waals surface area (Å²) >= 11 is 4.55. The average molecular weight is 248 g/mol. The molecule has 1 aromatic rings. The Hall–Kier alpha value is -1.63. The molecule has 0 bridgehead atoms. The van der Waals surface area contributed by atoms with Crippen LogP contribution in [-0.2, 0) is 6.18 Å². The minimum Gasteiger partial charge on any atom is -0.389 e. The van der Waals surface area contributed by atoms with Crippen LogP contribution < -0.4 is 11.5 Å². The second-order valence-corrected chi connectivity index (χ2v) is 3.47. The fourth-order valence-corrected chi connectivity index (χ4v) is 1.19. The number of benzene rings is 1. The molecule has 0 saturated carbocycles. The molecule has 7 heteroatoms. The van der Waals surface area contributed by atoms with E-state index in [4.69, 9.17) is 11.5 Å². The lowest BCUT2D eigenvalue weighted by atomic mass is 10.0. The summed E-state index contributed by atoms with van der Waals surface area (Å²) in [5, 5.41) is 0. The van der Waals surface area contributed by atoms with Crippen LogP contribution in [0.25, 0.3) is 0 Å². The van der Waals surface area contributed by atoms with Gasteiger partial charge in [-0.25, -0.2) is 0 Å². The summed E-state index contributed by atoms with van der Waals surface area (Å²) in [5.41, 5.74) is 8.78. The van der Waals surface area contributed by atoms with Crippen LogP contribution in [0.1, 0.15) is 21.5 Å². The fourth-order valence-electron chi connectivity index (χ4n) is 1.08. The number of amides is 1. The van der Waals surface area contributed by atoms with Crippen molar-refractivity contribution in [2.24, 2.45) is 11.5 Å². The molecule has 16 heavy (non-hydrogen) atoms. The van der Waals surface area contributed by atoms with Crippen molar-refractivity contribution in [3.05, 3.63) is 34.9 Å². The maximum Gasteiger partial charge on any atom is 0.416 e. The molecule has 0 aromatic heterocycles. The van der Waals surface area contributed by atoms with E-state index in [-0.39, 0.29) is 16.1 Å². The molecule has 0 atom stereocenters. The predicted octanol–water partition coefficient (Wildman–Crippen LogP) is 1.44. The molecule has 86 valence electrons. The smallest absolute Gasteiger partial charge is 0.389 e. The highest BCUT2D eigenvalue weighted by Crippen LogP contribution is 2.30. The van der Waals surface area contributed by atoms with Gasteiger partial charge < -0.3 is 11.5 Å². The summed E-state index contributed by atoms with van der Waals surface area (Å²) in [6.45, 7) is 0. The average Bonchev–Trinajstić information content (AvgIpc) is 2.15. The Bertz CT molecular complexity index is 424. The molecule has 0 unspecified atom stereocenters. The standard InChI is InChI=1S/C9H7F3N2OS/c10-9(11,12)6-2-4(7(13)15)1-5(3-6)8(14)16/h1-3H,(H2,13,15)(H2,14,16). The van der Waals surface area contributed by atoms with Crippen molar-refractivity contribution in [1.29, 1.82) is 0 Å². The van der Waals surface area contributed by atoms with E-state index in [9.17, 15) is 18.0 Å². The van der Waals surface area contributed by atoms with Crippen LogP contribution in [0.2, 0.25) is 0 Å². The fraction of sp³-hybridized carbons (Fsp3) is 0.111. The minimum atomic E-state index is -4.58. The Morgan fingerprint density at radius 3 is 2.00 bits per heavy atom. The van der Waals surface area contributed by atoms with Gasteiger partial charge in [-0.1, -0.05) is 12.2 Å². The molecule has 0 aliphatic heterocycles. The Morgan fingerprint density at radius 2 is 1.62 bits per heavy atom. The van der Waals surface area contributed by atoms with E-state index in [1.54, 1.807) is 0 Å². The second-order valence-electron chi connectivity index (χ2n) is 3.03. The first-order valence-corrected chi connectivity index (χ1v) is 4.44. The quantitative estimate of drug-likeness (QED) is 0.778. The summed E-state index contributed by atoms with van der Waals surface area (Å²) in [6, 6.07) is 2.55. The van der Waals surface area contributed by atoms with E-state index in [1.165, 1.54) is 0 Å². The maximum absolute atomic E-state index is 12.4. The molecule has 1 aromatic carbocycles. The molecule has 0 aliphatic carbocycles. The summed E-state index contributed by atoms with van der Waals surface area (Å²) in [6.07, 6.45) is -4.58.